The minimum atomic E-state index is -1.23. The van der Waals surface area contributed by atoms with Crippen molar-refractivity contribution in [3.8, 4) is 11.1 Å². The van der Waals surface area contributed by atoms with Gasteiger partial charge in [0.25, 0.3) is 0 Å². The van der Waals surface area contributed by atoms with Crippen molar-refractivity contribution in [2.45, 2.75) is 6.42 Å². The molecule has 0 spiro atoms. The van der Waals surface area contributed by atoms with E-state index in [1.165, 1.54) is 35.4 Å². The van der Waals surface area contributed by atoms with Crippen LogP contribution in [-0.2, 0) is 20.7 Å². The molecule has 0 bridgehead atoms. The summed E-state index contributed by atoms with van der Waals surface area (Å²) in [6.45, 7) is -0.386. The van der Waals surface area contributed by atoms with E-state index in [1.807, 2.05) is 24.3 Å². The normalized spacial score (nSPS) is 11.5. The summed E-state index contributed by atoms with van der Waals surface area (Å²) in [5, 5.41) is 11.0. The molecule has 0 saturated carbocycles. The number of carbonyl (C=O) groups is 4. The summed E-state index contributed by atoms with van der Waals surface area (Å²) in [5.41, 5.74) is 5.67. The highest BCUT2D eigenvalue weighted by atomic mass is 16.5. The van der Waals surface area contributed by atoms with E-state index in [0.29, 0.717) is 11.3 Å². The zero-order chi connectivity index (χ0) is 23.4. The molecule has 0 fully saturated rings. The Bertz CT molecular complexity index is 1290. The summed E-state index contributed by atoms with van der Waals surface area (Å²) >= 11 is 0. The van der Waals surface area contributed by atoms with Gasteiger partial charge in [0.15, 0.2) is 12.4 Å². The van der Waals surface area contributed by atoms with Gasteiger partial charge in [-0.05, 0) is 59.0 Å². The Labute approximate surface area is 189 Å². The molecule has 1 aliphatic carbocycles. The number of nitrogens with one attached hydrogen (secondary N) is 1. The molecular weight excluding hydrogens is 422 g/mol. The number of esters is 1. The number of carboxylic acid groups (broad SMARTS) is 1. The number of ether oxygens (including phenoxy) is 1. The first-order chi connectivity index (χ1) is 15.9. The molecule has 1 amide bonds. The van der Waals surface area contributed by atoms with E-state index < -0.39 is 17.8 Å². The van der Waals surface area contributed by atoms with Crippen LogP contribution in [0.25, 0.3) is 11.1 Å². The average molecular weight is 441 g/mol. The van der Waals surface area contributed by atoms with E-state index in [1.54, 1.807) is 6.07 Å². The van der Waals surface area contributed by atoms with Crippen molar-refractivity contribution in [1.29, 1.82) is 0 Å². The summed E-state index contributed by atoms with van der Waals surface area (Å²) < 4.78 is 5.16. The quantitative estimate of drug-likeness (QED) is 0.256. The molecule has 0 unspecified atom stereocenters. The van der Waals surface area contributed by atoms with Gasteiger partial charge in [0.2, 0.25) is 5.91 Å². The monoisotopic (exact) mass is 441 g/mol. The van der Waals surface area contributed by atoms with E-state index in [0.717, 1.165) is 29.7 Å². The van der Waals surface area contributed by atoms with Crippen LogP contribution in [0.5, 0.6) is 0 Å². The lowest BCUT2D eigenvalue weighted by Crippen LogP contribution is -2.14. The van der Waals surface area contributed by atoms with Gasteiger partial charge in [0, 0.05) is 23.4 Å². The molecule has 0 heterocycles. The van der Waals surface area contributed by atoms with Gasteiger partial charge >= 0.3 is 11.9 Å². The maximum Gasteiger partial charge on any atom is 0.338 e. The number of benzene rings is 3. The van der Waals surface area contributed by atoms with Crippen LogP contribution in [0.1, 0.15) is 31.8 Å². The minimum Gasteiger partial charge on any atom is -0.478 e. The van der Waals surface area contributed by atoms with E-state index in [2.05, 4.69) is 17.4 Å². The van der Waals surface area contributed by atoms with Gasteiger partial charge in [0.05, 0.1) is 5.56 Å². The second kappa shape index (κ2) is 9.32. The number of carboxylic acids is 1. The Balaban J connectivity index is 1.33. The topological polar surface area (TPSA) is 110 Å². The van der Waals surface area contributed by atoms with Gasteiger partial charge in [-0.3, -0.25) is 9.59 Å². The van der Waals surface area contributed by atoms with E-state index in [-0.39, 0.29) is 18.0 Å². The number of rotatable bonds is 7. The second-order valence-electron chi connectivity index (χ2n) is 7.44. The maximum atomic E-state index is 12.6. The van der Waals surface area contributed by atoms with Gasteiger partial charge < -0.3 is 15.2 Å². The third-order valence-electron chi connectivity index (χ3n) is 5.22. The molecule has 7 heteroatoms. The molecule has 7 nitrogen and oxygen atoms in total. The Hall–Kier alpha value is -4.52. The van der Waals surface area contributed by atoms with E-state index in [9.17, 15) is 19.2 Å². The van der Waals surface area contributed by atoms with Crippen molar-refractivity contribution >= 4 is 29.3 Å². The smallest absolute Gasteiger partial charge is 0.338 e. The number of carbonyl (C=O) groups excluding carboxylic acids is 3. The third-order valence-corrected chi connectivity index (χ3v) is 5.22. The fourth-order valence-corrected chi connectivity index (χ4v) is 3.64. The molecule has 0 saturated heterocycles. The molecule has 1 aliphatic rings. The molecule has 164 valence electrons. The van der Waals surface area contributed by atoms with Crippen molar-refractivity contribution in [2.24, 2.45) is 0 Å². The highest BCUT2D eigenvalue weighted by molar-refractivity contribution is 6.03. The second-order valence-corrected chi connectivity index (χ2v) is 7.44. The van der Waals surface area contributed by atoms with Crippen LogP contribution in [-0.4, -0.2) is 35.3 Å². The Kier molecular flexibility index (Phi) is 6.13. The van der Waals surface area contributed by atoms with Crippen molar-refractivity contribution in [3.05, 3.63) is 101 Å². The van der Waals surface area contributed by atoms with Crippen LogP contribution in [0.2, 0.25) is 0 Å². The molecule has 0 radical (unpaired) electrons. The van der Waals surface area contributed by atoms with Crippen molar-refractivity contribution in [2.75, 3.05) is 11.9 Å². The molecule has 4 rings (SSSR count). The average Bonchev–Trinajstić information content (AvgIpc) is 3.19. The predicted molar refractivity (Wildman–Crippen MR) is 121 cm³/mol. The Morgan fingerprint density at radius 2 is 1.55 bits per heavy atom. The molecule has 3 aromatic carbocycles. The third kappa shape index (κ3) is 5.04. The first kappa shape index (κ1) is 21.7. The summed E-state index contributed by atoms with van der Waals surface area (Å²) in [7, 11) is 0. The predicted octanol–water partition coefficient (Wildman–Crippen LogP) is 3.88. The molecule has 0 aliphatic heterocycles. The first-order valence-electron chi connectivity index (χ1n) is 10.1. The zero-order valence-corrected chi connectivity index (χ0v) is 17.4. The maximum absolute atomic E-state index is 12.6. The number of amides is 1. The summed E-state index contributed by atoms with van der Waals surface area (Å²) in [6.07, 6.45) is 2.37. The number of hydrogen-bond donors (Lipinski definition) is 2. The van der Waals surface area contributed by atoms with E-state index >= 15 is 0 Å². The number of fused-ring (bicyclic) bond motifs is 3. The standard InChI is InChI=1S/C26H19NO6/c28-23(18-7-10-22-19(14-18)13-17-3-1-2-4-21(17)22)15-33-26(32)16-5-8-20(9-6-16)27-24(29)11-12-25(30)31/h1-12,14H,13,15H2,(H,27,29)(H,30,31)/b12-11+. The summed E-state index contributed by atoms with van der Waals surface area (Å²) in [6, 6.07) is 19.5. The van der Waals surface area contributed by atoms with Gasteiger partial charge in [-0.15, -0.1) is 0 Å². The molecule has 33 heavy (non-hydrogen) atoms. The number of anilines is 1. The van der Waals surface area contributed by atoms with Crippen molar-refractivity contribution < 1.29 is 29.0 Å². The molecule has 0 atom stereocenters. The number of aliphatic carboxylic acids is 1. The van der Waals surface area contributed by atoms with Crippen LogP contribution in [0.4, 0.5) is 5.69 Å². The van der Waals surface area contributed by atoms with Crippen LogP contribution >= 0.6 is 0 Å². The molecular formula is C26H19NO6. The van der Waals surface area contributed by atoms with Crippen molar-refractivity contribution in [3.63, 3.8) is 0 Å². The van der Waals surface area contributed by atoms with Crippen LogP contribution in [0, 0.1) is 0 Å². The van der Waals surface area contributed by atoms with Gasteiger partial charge in [0.1, 0.15) is 0 Å². The minimum absolute atomic E-state index is 0.214. The Morgan fingerprint density at radius 3 is 2.30 bits per heavy atom. The van der Waals surface area contributed by atoms with Crippen molar-refractivity contribution in [1.82, 2.24) is 0 Å². The molecule has 2 N–H and O–H groups in total. The lowest BCUT2D eigenvalue weighted by molar-refractivity contribution is -0.131. The van der Waals surface area contributed by atoms with E-state index in [4.69, 9.17) is 9.84 Å². The lowest BCUT2D eigenvalue weighted by atomic mass is 10.0. The highest BCUT2D eigenvalue weighted by Gasteiger charge is 2.20. The fraction of sp³-hybridized carbons (Fsp3) is 0.0769. The lowest BCUT2D eigenvalue weighted by Gasteiger charge is -2.07. The summed E-state index contributed by atoms with van der Waals surface area (Å²) in [5.74, 6) is -2.81. The fourth-order valence-electron chi connectivity index (χ4n) is 3.64. The number of hydrogen-bond acceptors (Lipinski definition) is 5. The number of Topliss-reactive ketones (excluding diaryl/α,β-unsaturated/α-hetero) is 1. The molecule has 0 aromatic heterocycles. The van der Waals surface area contributed by atoms with Crippen LogP contribution in [0.15, 0.2) is 78.9 Å². The zero-order valence-electron chi connectivity index (χ0n) is 17.4. The largest absolute Gasteiger partial charge is 0.478 e. The number of ketones is 1. The SMILES string of the molecule is O=C(O)/C=C/C(=O)Nc1ccc(C(=O)OCC(=O)c2ccc3c(c2)Cc2ccccc2-3)cc1. The van der Waals surface area contributed by atoms with Gasteiger partial charge in [-0.2, -0.15) is 0 Å². The highest BCUT2D eigenvalue weighted by Crippen LogP contribution is 2.36. The van der Waals surface area contributed by atoms with Crippen LogP contribution in [0.3, 0.4) is 0 Å². The van der Waals surface area contributed by atoms with Gasteiger partial charge in [-0.1, -0.05) is 36.4 Å². The molecule has 3 aromatic rings. The van der Waals surface area contributed by atoms with Gasteiger partial charge in [-0.25, -0.2) is 9.59 Å². The first-order valence-corrected chi connectivity index (χ1v) is 10.1. The van der Waals surface area contributed by atoms with Crippen LogP contribution < -0.4 is 5.32 Å². The Morgan fingerprint density at radius 1 is 0.848 bits per heavy atom. The summed E-state index contributed by atoms with van der Waals surface area (Å²) in [4.78, 5) is 46.9.